The second-order valence-electron chi connectivity index (χ2n) is 7.74. The van der Waals surface area contributed by atoms with Crippen molar-refractivity contribution in [2.24, 2.45) is 0 Å². The summed E-state index contributed by atoms with van der Waals surface area (Å²) in [5.41, 5.74) is 1.39. The minimum absolute atomic E-state index is 0.324. The lowest BCUT2D eigenvalue weighted by Gasteiger charge is -2.13. The van der Waals surface area contributed by atoms with Crippen LogP contribution >= 0.6 is 11.3 Å². The van der Waals surface area contributed by atoms with Crippen LogP contribution in [0.5, 0.6) is 5.75 Å². The lowest BCUT2D eigenvalue weighted by Crippen LogP contribution is -2.31. The van der Waals surface area contributed by atoms with Crippen LogP contribution in [0, 0.1) is 11.3 Å². The van der Waals surface area contributed by atoms with E-state index in [-0.39, 0.29) is 0 Å². The molecule has 0 radical (unpaired) electrons. The average Bonchev–Trinajstić information content (AvgIpc) is 2.95. The first-order valence-electron chi connectivity index (χ1n) is 10.7. The molecular weight excluding hydrogens is 444 g/mol. The summed E-state index contributed by atoms with van der Waals surface area (Å²) in [7, 11) is 0. The van der Waals surface area contributed by atoms with E-state index in [2.05, 4.69) is 11.4 Å². The van der Waals surface area contributed by atoms with Crippen LogP contribution in [0.25, 0.3) is 11.0 Å². The molecule has 1 N–H and O–H groups in total. The van der Waals surface area contributed by atoms with Crippen molar-refractivity contribution in [1.82, 2.24) is 0 Å². The molecule has 0 bridgehead atoms. The van der Waals surface area contributed by atoms with E-state index in [9.17, 15) is 19.6 Å². The number of hydrogen-bond donors (Lipinski definition) is 1. The van der Waals surface area contributed by atoms with E-state index in [0.29, 0.717) is 21.9 Å². The standard InChI is InChI=1S/C24H22N2O6S/c1-14(23(29)26-24-18(12-25)17-5-3-2-4-6-20(17)33-24)31-22(28)13-30-16-9-7-15-8-10-21(27)32-19(15)11-16/h7-11,14H,2-6,13H2,1H3,(H,26,29). The van der Waals surface area contributed by atoms with E-state index in [4.69, 9.17) is 13.9 Å². The number of aryl methyl sites for hydroxylation is 1. The number of nitrogens with one attached hydrogen (secondary N) is 1. The monoisotopic (exact) mass is 466 g/mol. The van der Waals surface area contributed by atoms with E-state index in [1.54, 1.807) is 18.2 Å². The summed E-state index contributed by atoms with van der Waals surface area (Å²) < 4.78 is 15.7. The number of benzene rings is 1. The summed E-state index contributed by atoms with van der Waals surface area (Å²) in [6.45, 7) is 1.04. The first kappa shape index (κ1) is 22.6. The van der Waals surface area contributed by atoms with E-state index in [0.717, 1.165) is 47.9 Å². The van der Waals surface area contributed by atoms with Gasteiger partial charge in [0.15, 0.2) is 12.7 Å². The fourth-order valence-electron chi connectivity index (χ4n) is 3.72. The van der Waals surface area contributed by atoms with Crippen LogP contribution in [0.4, 0.5) is 5.00 Å². The fraction of sp³-hybridized carbons (Fsp3) is 0.333. The Morgan fingerprint density at radius 2 is 2.00 bits per heavy atom. The zero-order valence-electron chi connectivity index (χ0n) is 18.0. The average molecular weight is 467 g/mol. The predicted octanol–water partition coefficient (Wildman–Crippen LogP) is 3.94. The molecule has 0 fully saturated rings. The van der Waals surface area contributed by atoms with Crippen molar-refractivity contribution in [3.8, 4) is 11.8 Å². The number of nitriles is 1. The number of carbonyl (C=O) groups excluding carboxylic acids is 2. The molecule has 0 saturated heterocycles. The van der Waals surface area contributed by atoms with Gasteiger partial charge in [0.05, 0.1) is 5.56 Å². The Morgan fingerprint density at radius 1 is 1.21 bits per heavy atom. The third kappa shape index (κ3) is 5.23. The van der Waals surface area contributed by atoms with Gasteiger partial charge >= 0.3 is 11.6 Å². The van der Waals surface area contributed by atoms with Crippen LogP contribution in [-0.4, -0.2) is 24.6 Å². The normalized spacial score (nSPS) is 13.9. The van der Waals surface area contributed by atoms with Gasteiger partial charge in [-0.05, 0) is 56.4 Å². The molecule has 33 heavy (non-hydrogen) atoms. The van der Waals surface area contributed by atoms with Gasteiger partial charge in [-0.3, -0.25) is 4.79 Å². The summed E-state index contributed by atoms with van der Waals surface area (Å²) in [6.07, 6.45) is 3.92. The molecule has 8 nitrogen and oxygen atoms in total. The minimum Gasteiger partial charge on any atom is -0.482 e. The van der Waals surface area contributed by atoms with Crippen LogP contribution in [-0.2, 0) is 27.2 Å². The van der Waals surface area contributed by atoms with Crippen LogP contribution in [0.3, 0.4) is 0 Å². The van der Waals surface area contributed by atoms with Gasteiger partial charge < -0.3 is 19.2 Å². The Bertz CT molecular complexity index is 1300. The Kier molecular flexibility index (Phi) is 6.75. The van der Waals surface area contributed by atoms with Gasteiger partial charge in [0.25, 0.3) is 5.91 Å². The molecule has 2 aromatic heterocycles. The Balaban J connectivity index is 1.34. The number of hydrogen-bond acceptors (Lipinski definition) is 8. The molecule has 1 amide bonds. The molecule has 1 aliphatic rings. The molecule has 0 spiro atoms. The van der Waals surface area contributed by atoms with E-state index < -0.39 is 30.2 Å². The molecular formula is C24H22N2O6S. The Labute approximate surface area is 193 Å². The molecule has 0 aliphatic heterocycles. The molecule has 1 aliphatic carbocycles. The van der Waals surface area contributed by atoms with Gasteiger partial charge in [-0.1, -0.05) is 6.42 Å². The van der Waals surface area contributed by atoms with E-state index in [1.165, 1.54) is 30.4 Å². The van der Waals surface area contributed by atoms with Crippen LogP contribution in [0.2, 0.25) is 0 Å². The van der Waals surface area contributed by atoms with E-state index >= 15 is 0 Å². The number of ether oxygens (including phenoxy) is 2. The molecule has 4 rings (SSSR count). The number of nitrogens with zero attached hydrogens (tertiary/aromatic N) is 1. The maximum Gasteiger partial charge on any atom is 0.344 e. The summed E-state index contributed by atoms with van der Waals surface area (Å²) in [5, 5.41) is 13.6. The second kappa shape index (κ2) is 9.88. The van der Waals surface area contributed by atoms with Crippen LogP contribution < -0.4 is 15.7 Å². The van der Waals surface area contributed by atoms with Crippen molar-refractivity contribution in [2.75, 3.05) is 11.9 Å². The summed E-state index contributed by atoms with van der Waals surface area (Å²) in [5.74, 6) is -0.914. The second-order valence-corrected chi connectivity index (χ2v) is 8.85. The molecule has 2 heterocycles. The Hall–Kier alpha value is -3.64. The van der Waals surface area contributed by atoms with Crippen molar-refractivity contribution >= 4 is 39.2 Å². The minimum atomic E-state index is -1.07. The van der Waals surface area contributed by atoms with E-state index in [1.807, 2.05) is 0 Å². The molecule has 0 saturated carbocycles. The van der Waals surface area contributed by atoms with Gasteiger partial charge in [-0.2, -0.15) is 5.26 Å². The zero-order valence-corrected chi connectivity index (χ0v) is 18.8. The van der Waals surface area contributed by atoms with Gasteiger partial charge in [0.2, 0.25) is 0 Å². The predicted molar refractivity (Wildman–Crippen MR) is 122 cm³/mol. The van der Waals surface area contributed by atoms with Gasteiger partial charge in [-0.15, -0.1) is 11.3 Å². The van der Waals surface area contributed by atoms with Gasteiger partial charge in [-0.25, -0.2) is 9.59 Å². The highest BCUT2D eigenvalue weighted by atomic mass is 32.1. The molecule has 1 aromatic carbocycles. The van der Waals surface area contributed by atoms with Gasteiger partial charge in [0, 0.05) is 22.4 Å². The number of rotatable bonds is 6. The molecule has 1 unspecified atom stereocenters. The number of thiophene rings is 1. The van der Waals surface area contributed by atoms with Crippen molar-refractivity contribution in [3.63, 3.8) is 0 Å². The highest BCUT2D eigenvalue weighted by molar-refractivity contribution is 7.16. The maximum absolute atomic E-state index is 12.6. The largest absolute Gasteiger partial charge is 0.482 e. The van der Waals surface area contributed by atoms with Crippen molar-refractivity contribution < 1.29 is 23.5 Å². The number of amides is 1. The molecule has 3 aromatic rings. The number of fused-ring (bicyclic) bond motifs is 2. The summed E-state index contributed by atoms with van der Waals surface area (Å²) in [6, 6.07) is 10.00. The first-order valence-corrected chi connectivity index (χ1v) is 11.5. The molecule has 1 atom stereocenters. The van der Waals surface area contributed by atoms with Crippen LogP contribution in [0.15, 0.2) is 39.5 Å². The van der Waals surface area contributed by atoms with Crippen molar-refractivity contribution in [2.45, 2.75) is 45.1 Å². The van der Waals surface area contributed by atoms with Crippen molar-refractivity contribution in [3.05, 3.63) is 56.8 Å². The molecule has 170 valence electrons. The lowest BCUT2D eigenvalue weighted by molar-refractivity contribution is -0.155. The Morgan fingerprint density at radius 3 is 2.82 bits per heavy atom. The fourth-order valence-corrected chi connectivity index (χ4v) is 4.96. The quantitative estimate of drug-likeness (QED) is 0.332. The summed E-state index contributed by atoms with van der Waals surface area (Å²) in [4.78, 5) is 37.2. The SMILES string of the molecule is CC(OC(=O)COc1ccc2ccc(=O)oc2c1)C(=O)Nc1sc2c(c1C#N)CCCCC2. The number of anilines is 1. The highest BCUT2D eigenvalue weighted by Crippen LogP contribution is 2.37. The maximum atomic E-state index is 12.6. The topological polar surface area (TPSA) is 119 Å². The highest BCUT2D eigenvalue weighted by Gasteiger charge is 2.24. The van der Waals surface area contributed by atoms with Crippen molar-refractivity contribution in [1.29, 1.82) is 5.26 Å². The lowest BCUT2D eigenvalue weighted by atomic mass is 10.1. The third-order valence-corrected chi connectivity index (χ3v) is 6.61. The number of esters is 1. The van der Waals surface area contributed by atoms with Crippen LogP contribution in [0.1, 0.15) is 42.2 Å². The smallest absolute Gasteiger partial charge is 0.344 e. The zero-order chi connectivity index (χ0) is 23.4. The third-order valence-electron chi connectivity index (χ3n) is 5.40. The number of carbonyl (C=O) groups is 2. The van der Waals surface area contributed by atoms with Gasteiger partial charge in [0.1, 0.15) is 22.4 Å². The summed E-state index contributed by atoms with van der Waals surface area (Å²) >= 11 is 1.42. The molecule has 9 heteroatoms. The first-order chi connectivity index (χ1) is 15.9.